The van der Waals surface area contributed by atoms with Crippen LogP contribution in [-0.4, -0.2) is 39.0 Å². The standard InChI is InChI=1S/C31H29F3O6/c1-36-29(35)14-19-16-38-28-15-21(6-7-23(19)28)40-27-11-9-25-24(27)8-10-26(31(32,33)34)30(25)18-2-4-20(5-3-18)39-22-12-13-37-17-22/h2-8,10,15,19,22,27H,9,11-14,16-17H2,1H3/t19-,22+,27-/m1/s1. The van der Waals surface area contributed by atoms with Gasteiger partial charge in [-0.25, -0.2) is 0 Å². The van der Waals surface area contributed by atoms with E-state index < -0.39 is 17.8 Å². The fourth-order valence-electron chi connectivity index (χ4n) is 5.80. The van der Waals surface area contributed by atoms with E-state index in [-0.39, 0.29) is 30.0 Å². The SMILES string of the molecule is COC(=O)C[C@@H]1COc2cc(O[C@@H]3CCc4c3ccc(C(F)(F)F)c4-c3ccc(O[C@H]4CCOC4)cc3)ccc21. The summed E-state index contributed by atoms with van der Waals surface area (Å²) in [6.45, 7) is 1.53. The molecule has 3 aromatic carbocycles. The topological polar surface area (TPSA) is 63.2 Å². The zero-order valence-corrected chi connectivity index (χ0v) is 22.0. The molecular formula is C31H29F3O6. The molecule has 6 rings (SSSR count). The highest BCUT2D eigenvalue weighted by molar-refractivity contribution is 5.75. The molecule has 3 aromatic rings. The summed E-state index contributed by atoms with van der Waals surface area (Å²) < 4.78 is 70.5. The van der Waals surface area contributed by atoms with Gasteiger partial charge in [0.15, 0.2) is 0 Å². The van der Waals surface area contributed by atoms with Gasteiger partial charge >= 0.3 is 12.1 Å². The van der Waals surface area contributed by atoms with Crippen molar-refractivity contribution in [1.82, 2.24) is 0 Å². The smallest absolute Gasteiger partial charge is 0.417 e. The Kier molecular flexibility index (Phi) is 7.08. The van der Waals surface area contributed by atoms with Crippen LogP contribution in [0.5, 0.6) is 17.2 Å². The van der Waals surface area contributed by atoms with Crippen molar-refractivity contribution in [2.75, 3.05) is 26.9 Å². The molecule has 9 heteroatoms. The maximum Gasteiger partial charge on any atom is 0.417 e. The number of rotatable bonds is 7. The molecule has 6 nitrogen and oxygen atoms in total. The first-order valence-electron chi connectivity index (χ1n) is 13.4. The normalized spacial score (nSPS) is 21.4. The number of hydrogen-bond acceptors (Lipinski definition) is 6. The number of esters is 1. The molecule has 40 heavy (non-hydrogen) atoms. The Bertz CT molecular complexity index is 1400. The Balaban J connectivity index is 1.26. The number of carbonyl (C=O) groups is 1. The van der Waals surface area contributed by atoms with Gasteiger partial charge in [-0.2, -0.15) is 13.2 Å². The predicted molar refractivity (Wildman–Crippen MR) is 140 cm³/mol. The number of ether oxygens (including phenoxy) is 5. The number of fused-ring (bicyclic) bond motifs is 2. The molecule has 3 aliphatic rings. The van der Waals surface area contributed by atoms with E-state index >= 15 is 0 Å². The molecule has 0 radical (unpaired) electrons. The van der Waals surface area contributed by atoms with Gasteiger partial charge in [-0.15, -0.1) is 0 Å². The highest BCUT2D eigenvalue weighted by Gasteiger charge is 2.38. The molecule has 210 valence electrons. The summed E-state index contributed by atoms with van der Waals surface area (Å²) in [6.07, 6.45) is -2.92. The summed E-state index contributed by atoms with van der Waals surface area (Å²) in [5.41, 5.74) is 2.32. The third-order valence-corrected chi connectivity index (χ3v) is 7.78. The maximum atomic E-state index is 14.1. The van der Waals surface area contributed by atoms with Crippen LogP contribution in [-0.2, 0) is 26.9 Å². The summed E-state index contributed by atoms with van der Waals surface area (Å²) in [4.78, 5) is 11.7. The molecule has 0 N–H and O–H groups in total. The average molecular weight is 555 g/mol. The highest BCUT2D eigenvalue weighted by Crippen LogP contribution is 2.47. The molecular weight excluding hydrogens is 525 g/mol. The van der Waals surface area contributed by atoms with E-state index in [0.29, 0.717) is 61.0 Å². The first kappa shape index (κ1) is 26.5. The van der Waals surface area contributed by atoms with Crippen LogP contribution in [0.3, 0.4) is 0 Å². The van der Waals surface area contributed by atoms with Gasteiger partial charge in [0, 0.05) is 24.0 Å². The van der Waals surface area contributed by atoms with Crippen LogP contribution in [0.25, 0.3) is 11.1 Å². The highest BCUT2D eigenvalue weighted by atomic mass is 19.4. The first-order valence-corrected chi connectivity index (χ1v) is 13.4. The number of alkyl halides is 3. The summed E-state index contributed by atoms with van der Waals surface area (Å²) in [6, 6.07) is 15.0. The molecule has 0 aromatic heterocycles. The number of methoxy groups -OCH3 is 1. The lowest BCUT2D eigenvalue weighted by Crippen LogP contribution is -2.15. The largest absolute Gasteiger partial charge is 0.492 e. The zero-order valence-electron chi connectivity index (χ0n) is 22.0. The average Bonchev–Trinajstić information content (AvgIpc) is 3.69. The van der Waals surface area contributed by atoms with Gasteiger partial charge in [0.05, 0.1) is 38.9 Å². The van der Waals surface area contributed by atoms with Gasteiger partial charge in [-0.05, 0) is 59.4 Å². The van der Waals surface area contributed by atoms with Crippen LogP contribution in [0.15, 0.2) is 54.6 Å². The third-order valence-electron chi connectivity index (χ3n) is 7.78. The molecule has 0 saturated carbocycles. The van der Waals surface area contributed by atoms with Crippen molar-refractivity contribution >= 4 is 5.97 Å². The first-order chi connectivity index (χ1) is 19.3. The molecule has 1 fully saturated rings. The van der Waals surface area contributed by atoms with Gasteiger partial charge in [0.2, 0.25) is 0 Å². The molecule has 0 spiro atoms. The minimum absolute atomic E-state index is 0.0428. The van der Waals surface area contributed by atoms with Crippen molar-refractivity contribution in [3.05, 3.63) is 76.9 Å². The Hall–Kier alpha value is -3.72. The van der Waals surface area contributed by atoms with Crippen molar-refractivity contribution in [2.45, 2.75) is 50.0 Å². The maximum absolute atomic E-state index is 14.1. The van der Waals surface area contributed by atoms with Crippen LogP contribution < -0.4 is 14.2 Å². The minimum atomic E-state index is -4.50. The van der Waals surface area contributed by atoms with Crippen molar-refractivity contribution in [3.63, 3.8) is 0 Å². The third kappa shape index (κ3) is 5.22. The van der Waals surface area contributed by atoms with E-state index in [1.54, 1.807) is 30.3 Å². The summed E-state index contributed by atoms with van der Waals surface area (Å²) >= 11 is 0. The van der Waals surface area contributed by atoms with Gasteiger partial charge in [-0.3, -0.25) is 4.79 Å². The number of halogens is 3. The number of carbonyl (C=O) groups excluding carboxylic acids is 1. The van der Waals surface area contributed by atoms with Gasteiger partial charge in [0.25, 0.3) is 0 Å². The molecule has 1 saturated heterocycles. The van der Waals surface area contributed by atoms with Crippen LogP contribution in [0.4, 0.5) is 13.2 Å². The summed E-state index contributed by atoms with van der Waals surface area (Å²) in [5.74, 6) is 1.42. The lowest BCUT2D eigenvalue weighted by molar-refractivity contribution is -0.141. The van der Waals surface area contributed by atoms with Crippen LogP contribution in [0, 0.1) is 0 Å². The minimum Gasteiger partial charge on any atom is -0.492 e. The van der Waals surface area contributed by atoms with Crippen molar-refractivity contribution in [2.24, 2.45) is 0 Å². The molecule has 2 aliphatic heterocycles. The van der Waals surface area contributed by atoms with Crippen LogP contribution in [0.2, 0.25) is 0 Å². The quantitative estimate of drug-likeness (QED) is 0.305. The fourth-order valence-corrected chi connectivity index (χ4v) is 5.80. The second kappa shape index (κ2) is 10.7. The Morgan fingerprint density at radius 2 is 1.73 bits per heavy atom. The fraction of sp³-hybridized carbons (Fsp3) is 0.387. The van der Waals surface area contributed by atoms with E-state index in [2.05, 4.69) is 0 Å². The van der Waals surface area contributed by atoms with Crippen LogP contribution >= 0.6 is 0 Å². The predicted octanol–water partition coefficient (Wildman–Crippen LogP) is 6.65. The van der Waals surface area contributed by atoms with E-state index in [1.165, 1.54) is 13.2 Å². The summed E-state index contributed by atoms with van der Waals surface area (Å²) in [7, 11) is 1.36. The summed E-state index contributed by atoms with van der Waals surface area (Å²) in [5, 5.41) is 0. The van der Waals surface area contributed by atoms with Crippen molar-refractivity contribution in [1.29, 1.82) is 0 Å². The number of hydrogen-bond donors (Lipinski definition) is 0. The van der Waals surface area contributed by atoms with Gasteiger partial charge < -0.3 is 23.7 Å². The molecule has 0 unspecified atom stereocenters. The molecule has 1 aliphatic carbocycles. The molecule has 3 atom stereocenters. The Labute approximate surface area is 229 Å². The van der Waals surface area contributed by atoms with E-state index in [1.807, 2.05) is 12.1 Å². The van der Waals surface area contributed by atoms with Crippen molar-refractivity contribution in [3.8, 4) is 28.4 Å². The Morgan fingerprint density at radius 1 is 0.950 bits per heavy atom. The molecule has 2 heterocycles. The second-order valence-electron chi connectivity index (χ2n) is 10.3. The lowest BCUT2D eigenvalue weighted by Gasteiger charge is -2.20. The monoisotopic (exact) mass is 554 g/mol. The van der Waals surface area contributed by atoms with Gasteiger partial charge in [0.1, 0.15) is 29.5 Å². The van der Waals surface area contributed by atoms with E-state index in [9.17, 15) is 18.0 Å². The number of benzene rings is 3. The molecule has 0 bridgehead atoms. The Morgan fingerprint density at radius 3 is 2.45 bits per heavy atom. The van der Waals surface area contributed by atoms with Gasteiger partial charge in [-0.1, -0.05) is 24.3 Å². The van der Waals surface area contributed by atoms with E-state index in [0.717, 1.165) is 23.6 Å². The van der Waals surface area contributed by atoms with Crippen LogP contribution in [0.1, 0.15) is 53.5 Å². The van der Waals surface area contributed by atoms with E-state index in [4.69, 9.17) is 23.7 Å². The zero-order chi connectivity index (χ0) is 27.9. The lowest BCUT2D eigenvalue weighted by atomic mass is 9.91. The van der Waals surface area contributed by atoms with Crippen molar-refractivity contribution < 1.29 is 41.7 Å². The second-order valence-corrected chi connectivity index (χ2v) is 10.3. The molecule has 0 amide bonds.